The molecule has 0 aromatic heterocycles. The fraction of sp³-hybridized carbons (Fsp3) is 0.0769. The number of hydrazone groups is 1. The normalized spacial score (nSPS) is 11.5. The standard InChI is InChI=1S/C26H22N2O3/c1-31-24-17-16-19-10-8-9-15-22(19)23(24)18-27-28-25(29)26(30,20-11-4-2-5-12-20)21-13-6-3-7-14-21/h2-18,30H,1H3,(H,28,29)/b27-18+. The number of rotatable bonds is 6. The second-order valence-electron chi connectivity index (χ2n) is 7.04. The van der Waals surface area contributed by atoms with E-state index in [1.54, 1.807) is 55.6 Å². The molecule has 5 nitrogen and oxygen atoms in total. The highest BCUT2D eigenvalue weighted by Gasteiger charge is 2.39. The SMILES string of the molecule is COc1ccc2ccccc2c1/C=N/NC(=O)C(O)(c1ccccc1)c1ccccc1. The second-order valence-corrected chi connectivity index (χ2v) is 7.04. The summed E-state index contributed by atoms with van der Waals surface area (Å²) in [5.41, 5.74) is 2.27. The molecule has 0 saturated heterocycles. The zero-order valence-corrected chi connectivity index (χ0v) is 17.0. The molecule has 31 heavy (non-hydrogen) atoms. The van der Waals surface area contributed by atoms with Crippen LogP contribution in [-0.4, -0.2) is 24.3 Å². The van der Waals surface area contributed by atoms with Crippen LogP contribution >= 0.6 is 0 Å². The molecule has 4 aromatic carbocycles. The average molecular weight is 410 g/mol. The lowest BCUT2D eigenvalue weighted by Crippen LogP contribution is -2.43. The van der Waals surface area contributed by atoms with Crippen LogP contribution in [0.25, 0.3) is 10.8 Å². The van der Waals surface area contributed by atoms with Gasteiger partial charge in [-0.15, -0.1) is 0 Å². The molecule has 0 aliphatic carbocycles. The first-order valence-corrected chi connectivity index (χ1v) is 9.87. The molecule has 4 aromatic rings. The highest BCUT2D eigenvalue weighted by molar-refractivity contribution is 6.03. The first kappa shape index (κ1) is 20.3. The zero-order valence-electron chi connectivity index (χ0n) is 17.0. The Morgan fingerprint density at radius 1 is 0.871 bits per heavy atom. The molecule has 5 heteroatoms. The lowest BCUT2D eigenvalue weighted by Gasteiger charge is -2.27. The van der Waals surface area contributed by atoms with Crippen LogP contribution in [-0.2, 0) is 10.4 Å². The fourth-order valence-corrected chi connectivity index (χ4v) is 3.61. The van der Waals surface area contributed by atoms with Crippen molar-refractivity contribution in [2.45, 2.75) is 5.60 Å². The van der Waals surface area contributed by atoms with Gasteiger partial charge >= 0.3 is 0 Å². The Morgan fingerprint density at radius 3 is 2.06 bits per heavy atom. The van der Waals surface area contributed by atoms with Gasteiger partial charge in [-0.3, -0.25) is 4.79 Å². The smallest absolute Gasteiger partial charge is 0.281 e. The average Bonchev–Trinajstić information content (AvgIpc) is 2.84. The largest absolute Gasteiger partial charge is 0.496 e. The van der Waals surface area contributed by atoms with Crippen LogP contribution in [0.4, 0.5) is 0 Å². The Morgan fingerprint density at radius 2 is 1.45 bits per heavy atom. The van der Waals surface area contributed by atoms with Crippen molar-refractivity contribution in [3.63, 3.8) is 0 Å². The van der Waals surface area contributed by atoms with Gasteiger partial charge in [0.1, 0.15) is 5.75 Å². The van der Waals surface area contributed by atoms with Crippen molar-refractivity contribution in [2.24, 2.45) is 5.10 Å². The Balaban J connectivity index is 1.68. The van der Waals surface area contributed by atoms with Gasteiger partial charge < -0.3 is 9.84 Å². The number of carbonyl (C=O) groups excluding carboxylic acids is 1. The van der Waals surface area contributed by atoms with Crippen molar-refractivity contribution < 1.29 is 14.6 Å². The lowest BCUT2D eigenvalue weighted by molar-refractivity contribution is -0.136. The van der Waals surface area contributed by atoms with E-state index in [2.05, 4.69) is 10.5 Å². The number of aliphatic hydroxyl groups is 1. The summed E-state index contributed by atoms with van der Waals surface area (Å²) in [7, 11) is 1.59. The number of hydrogen-bond donors (Lipinski definition) is 2. The molecule has 1 amide bonds. The molecule has 0 aliphatic heterocycles. The summed E-state index contributed by atoms with van der Waals surface area (Å²) in [5.74, 6) is -0.0153. The van der Waals surface area contributed by atoms with E-state index in [4.69, 9.17) is 4.74 Å². The van der Waals surface area contributed by atoms with Gasteiger partial charge in [-0.25, -0.2) is 5.43 Å². The molecule has 154 valence electrons. The van der Waals surface area contributed by atoms with Crippen molar-refractivity contribution in [3.05, 3.63) is 114 Å². The molecule has 0 fully saturated rings. The number of ether oxygens (including phenoxy) is 1. The summed E-state index contributed by atoms with van der Waals surface area (Å²) in [4.78, 5) is 13.2. The predicted octanol–water partition coefficient (Wildman–Crippen LogP) is 4.23. The number of nitrogens with one attached hydrogen (secondary N) is 1. The minimum Gasteiger partial charge on any atom is -0.496 e. The molecule has 0 spiro atoms. The molecule has 2 N–H and O–H groups in total. The Hall–Kier alpha value is -3.96. The minimum atomic E-state index is -1.89. The molecule has 0 aliphatic rings. The van der Waals surface area contributed by atoms with Gasteiger partial charge in [-0.2, -0.15) is 5.10 Å². The third-order valence-electron chi connectivity index (χ3n) is 5.22. The highest BCUT2D eigenvalue weighted by Crippen LogP contribution is 2.30. The molecular formula is C26H22N2O3. The van der Waals surface area contributed by atoms with Gasteiger partial charge in [-0.05, 0) is 28.0 Å². The number of hydrogen-bond acceptors (Lipinski definition) is 4. The van der Waals surface area contributed by atoms with E-state index in [9.17, 15) is 9.90 Å². The van der Waals surface area contributed by atoms with Gasteiger partial charge in [-0.1, -0.05) is 91.0 Å². The summed E-state index contributed by atoms with van der Waals surface area (Å²) in [6, 6.07) is 29.3. The van der Waals surface area contributed by atoms with Crippen LogP contribution in [0.15, 0.2) is 102 Å². The Bertz CT molecular complexity index is 1180. The number of benzene rings is 4. The molecular weight excluding hydrogens is 388 g/mol. The first-order valence-electron chi connectivity index (χ1n) is 9.87. The summed E-state index contributed by atoms with van der Waals surface area (Å²) in [6.45, 7) is 0. The maximum Gasteiger partial charge on any atom is 0.281 e. The number of fused-ring (bicyclic) bond motifs is 1. The Labute approximate surface area is 180 Å². The maximum atomic E-state index is 13.2. The predicted molar refractivity (Wildman–Crippen MR) is 122 cm³/mol. The molecule has 0 bridgehead atoms. The van der Waals surface area contributed by atoms with Crippen LogP contribution in [0.2, 0.25) is 0 Å². The van der Waals surface area contributed by atoms with Crippen LogP contribution in [0.1, 0.15) is 16.7 Å². The van der Waals surface area contributed by atoms with Crippen molar-refractivity contribution in [1.82, 2.24) is 5.43 Å². The van der Waals surface area contributed by atoms with Gasteiger partial charge in [0.15, 0.2) is 5.60 Å². The summed E-state index contributed by atoms with van der Waals surface area (Å²) < 4.78 is 5.46. The highest BCUT2D eigenvalue weighted by atomic mass is 16.5. The number of amides is 1. The molecule has 0 saturated carbocycles. The van der Waals surface area contributed by atoms with Crippen LogP contribution in [0, 0.1) is 0 Å². The number of methoxy groups -OCH3 is 1. The quantitative estimate of drug-likeness (QED) is 0.369. The van der Waals surface area contributed by atoms with E-state index in [1.807, 2.05) is 48.5 Å². The van der Waals surface area contributed by atoms with Crippen molar-refractivity contribution in [2.75, 3.05) is 7.11 Å². The zero-order chi connectivity index (χ0) is 21.7. The van der Waals surface area contributed by atoms with Crippen molar-refractivity contribution >= 4 is 22.9 Å². The summed E-state index contributed by atoms with van der Waals surface area (Å²) in [5, 5.41) is 17.6. The fourth-order valence-electron chi connectivity index (χ4n) is 3.61. The number of nitrogens with zero attached hydrogens (tertiary/aromatic N) is 1. The van der Waals surface area contributed by atoms with E-state index in [1.165, 1.54) is 6.21 Å². The van der Waals surface area contributed by atoms with Crippen LogP contribution in [0.3, 0.4) is 0 Å². The summed E-state index contributed by atoms with van der Waals surface area (Å²) in [6.07, 6.45) is 1.54. The Kier molecular flexibility index (Phi) is 5.78. The van der Waals surface area contributed by atoms with E-state index >= 15 is 0 Å². The molecule has 0 unspecified atom stereocenters. The second kappa shape index (κ2) is 8.81. The summed E-state index contributed by atoms with van der Waals surface area (Å²) >= 11 is 0. The van der Waals surface area contributed by atoms with Crippen LogP contribution < -0.4 is 10.2 Å². The van der Waals surface area contributed by atoms with E-state index in [0.29, 0.717) is 16.9 Å². The van der Waals surface area contributed by atoms with E-state index in [0.717, 1.165) is 16.3 Å². The lowest BCUT2D eigenvalue weighted by atomic mass is 9.85. The van der Waals surface area contributed by atoms with Gasteiger partial charge in [0, 0.05) is 5.56 Å². The molecule has 4 rings (SSSR count). The molecule has 0 atom stereocenters. The van der Waals surface area contributed by atoms with Gasteiger partial charge in [0.25, 0.3) is 5.91 Å². The number of carbonyl (C=O) groups is 1. The van der Waals surface area contributed by atoms with Gasteiger partial charge in [0.2, 0.25) is 0 Å². The topological polar surface area (TPSA) is 70.9 Å². The van der Waals surface area contributed by atoms with Crippen molar-refractivity contribution in [1.29, 1.82) is 0 Å². The van der Waals surface area contributed by atoms with Crippen LogP contribution in [0.5, 0.6) is 5.75 Å². The van der Waals surface area contributed by atoms with E-state index in [-0.39, 0.29) is 0 Å². The maximum absolute atomic E-state index is 13.2. The third kappa shape index (κ3) is 3.91. The van der Waals surface area contributed by atoms with E-state index < -0.39 is 11.5 Å². The third-order valence-corrected chi connectivity index (χ3v) is 5.22. The molecule has 0 heterocycles. The minimum absolute atomic E-state index is 0.455. The van der Waals surface area contributed by atoms with Crippen molar-refractivity contribution in [3.8, 4) is 5.75 Å². The monoisotopic (exact) mass is 410 g/mol. The van der Waals surface area contributed by atoms with Gasteiger partial charge in [0.05, 0.1) is 13.3 Å². The molecule has 0 radical (unpaired) electrons. The first-order chi connectivity index (χ1) is 15.1.